The Bertz CT molecular complexity index is 549. The van der Waals surface area contributed by atoms with Crippen molar-refractivity contribution in [1.82, 2.24) is 5.32 Å². The molecule has 0 unspecified atom stereocenters. The molecule has 0 saturated heterocycles. The minimum absolute atomic E-state index is 0.0163. The van der Waals surface area contributed by atoms with E-state index in [1.165, 1.54) is 25.2 Å². The number of carboxylic acids is 2. The van der Waals surface area contributed by atoms with Gasteiger partial charge in [-0.25, -0.2) is 14.0 Å². The van der Waals surface area contributed by atoms with E-state index in [0.717, 1.165) is 11.0 Å². The molecule has 3 N–H and O–H groups in total. The highest BCUT2D eigenvalue weighted by Crippen LogP contribution is 2.17. The highest BCUT2D eigenvalue weighted by molar-refractivity contribution is 5.94. The zero-order chi connectivity index (χ0) is 16.0. The molecule has 2 amide bonds. The molecular weight excluding hydrogens is 283 g/mol. The van der Waals surface area contributed by atoms with Crippen LogP contribution in [0, 0.1) is 5.82 Å². The maximum Gasteiger partial charge on any atom is 0.326 e. The van der Waals surface area contributed by atoms with Crippen LogP contribution >= 0.6 is 0 Å². The molecule has 0 bridgehead atoms. The Kier molecular flexibility index (Phi) is 5.65. The van der Waals surface area contributed by atoms with Gasteiger partial charge in [0.1, 0.15) is 11.9 Å². The van der Waals surface area contributed by atoms with E-state index in [9.17, 15) is 18.8 Å². The first kappa shape index (κ1) is 16.4. The molecule has 0 aliphatic carbocycles. The summed E-state index contributed by atoms with van der Waals surface area (Å²) in [6.07, 6.45) is -0.665. The average Bonchev–Trinajstić information content (AvgIpc) is 2.42. The van der Waals surface area contributed by atoms with Crippen molar-refractivity contribution in [2.75, 3.05) is 11.9 Å². The van der Waals surface area contributed by atoms with Crippen molar-refractivity contribution in [3.63, 3.8) is 0 Å². The summed E-state index contributed by atoms with van der Waals surface area (Å²) in [5, 5.41) is 19.6. The summed E-state index contributed by atoms with van der Waals surface area (Å²) in [6, 6.07) is 3.32. The number of carbonyl (C=O) groups is 3. The highest BCUT2D eigenvalue weighted by Gasteiger charge is 2.23. The fourth-order valence-electron chi connectivity index (χ4n) is 1.60. The first-order valence-corrected chi connectivity index (χ1v) is 6.06. The van der Waals surface area contributed by atoms with E-state index in [1.54, 1.807) is 0 Å². The van der Waals surface area contributed by atoms with Crippen molar-refractivity contribution in [2.24, 2.45) is 0 Å². The number of urea groups is 1. The SMILES string of the molecule is CN(C(=O)N[C@@H](CCC(=O)O)C(=O)O)c1ccccc1F. The molecule has 1 aromatic carbocycles. The lowest BCUT2D eigenvalue weighted by atomic mass is 10.1. The van der Waals surface area contributed by atoms with Crippen LogP contribution < -0.4 is 10.2 Å². The topological polar surface area (TPSA) is 107 Å². The normalized spacial score (nSPS) is 11.5. The molecule has 0 fully saturated rings. The minimum atomic E-state index is -1.36. The largest absolute Gasteiger partial charge is 0.481 e. The third-order valence-corrected chi connectivity index (χ3v) is 2.76. The van der Waals surface area contributed by atoms with Crippen LogP contribution in [0.3, 0.4) is 0 Å². The number of rotatable bonds is 6. The van der Waals surface area contributed by atoms with Crippen molar-refractivity contribution in [1.29, 1.82) is 0 Å². The molecular formula is C13H15FN2O5. The Morgan fingerprint density at radius 3 is 2.43 bits per heavy atom. The molecule has 0 saturated carbocycles. The van der Waals surface area contributed by atoms with E-state index < -0.39 is 36.2 Å². The van der Waals surface area contributed by atoms with Gasteiger partial charge in [-0.15, -0.1) is 0 Å². The maximum atomic E-state index is 13.5. The number of benzene rings is 1. The van der Waals surface area contributed by atoms with E-state index in [2.05, 4.69) is 5.32 Å². The number of hydrogen-bond acceptors (Lipinski definition) is 3. The van der Waals surface area contributed by atoms with Crippen LogP contribution in [-0.2, 0) is 9.59 Å². The number of anilines is 1. The monoisotopic (exact) mass is 298 g/mol. The Balaban J connectivity index is 2.75. The number of nitrogens with one attached hydrogen (secondary N) is 1. The van der Waals surface area contributed by atoms with Gasteiger partial charge in [0.2, 0.25) is 0 Å². The van der Waals surface area contributed by atoms with Crippen LogP contribution in [0.25, 0.3) is 0 Å². The first-order valence-electron chi connectivity index (χ1n) is 6.06. The number of amides is 2. The number of hydrogen-bond donors (Lipinski definition) is 3. The standard InChI is InChI=1S/C13H15FN2O5/c1-16(10-5-3-2-4-8(10)14)13(21)15-9(12(19)20)6-7-11(17)18/h2-5,9H,6-7H2,1H3,(H,15,21)(H,17,18)(H,19,20)/t9-/m0/s1. The summed E-state index contributed by atoms with van der Waals surface area (Å²) in [4.78, 5) is 34.2. The Morgan fingerprint density at radius 2 is 1.90 bits per heavy atom. The van der Waals surface area contributed by atoms with Crippen molar-refractivity contribution in [3.05, 3.63) is 30.1 Å². The number of para-hydroxylation sites is 1. The van der Waals surface area contributed by atoms with Gasteiger partial charge in [-0.05, 0) is 18.6 Å². The van der Waals surface area contributed by atoms with Crippen molar-refractivity contribution >= 4 is 23.7 Å². The molecule has 0 radical (unpaired) electrons. The fraction of sp³-hybridized carbons (Fsp3) is 0.308. The van der Waals surface area contributed by atoms with Crippen LogP contribution in [-0.4, -0.2) is 41.3 Å². The Morgan fingerprint density at radius 1 is 1.29 bits per heavy atom. The van der Waals surface area contributed by atoms with Crippen molar-refractivity contribution in [3.8, 4) is 0 Å². The van der Waals surface area contributed by atoms with Gasteiger partial charge in [0.05, 0.1) is 5.69 Å². The Hall–Kier alpha value is -2.64. The molecule has 1 aromatic rings. The van der Waals surface area contributed by atoms with Gasteiger partial charge in [-0.3, -0.25) is 9.69 Å². The summed E-state index contributed by atoms with van der Waals surface area (Å²) >= 11 is 0. The predicted molar refractivity (Wildman–Crippen MR) is 71.6 cm³/mol. The molecule has 0 aromatic heterocycles. The zero-order valence-electron chi connectivity index (χ0n) is 11.2. The lowest BCUT2D eigenvalue weighted by Gasteiger charge is -2.21. The summed E-state index contributed by atoms with van der Waals surface area (Å²) in [5.41, 5.74) is -0.0163. The summed E-state index contributed by atoms with van der Waals surface area (Å²) in [6.45, 7) is 0. The molecule has 8 heteroatoms. The quantitative estimate of drug-likeness (QED) is 0.733. The van der Waals surface area contributed by atoms with Gasteiger partial charge in [0.25, 0.3) is 0 Å². The lowest BCUT2D eigenvalue weighted by molar-refractivity contribution is -0.140. The Labute approximate surface area is 120 Å². The molecule has 0 heterocycles. The third kappa shape index (κ3) is 4.75. The minimum Gasteiger partial charge on any atom is -0.481 e. The van der Waals surface area contributed by atoms with Gasteiger partial charge in [-0.1, -0.05) is 12.1 Å². The first-order chi connectivity index (χ1) is 9.82. The van der Waals surface area contributed by atoms with E-state index >= 15 is 0 Å². The van der Waals surface area contributed by atoms with Crippen molar-refractivity contribution in [2.45, 2.75) is 18.9 Å². The van der Waals surface area contributed by atoms with Crippen LogP contribution in [0.5, 0.6) is 0 Å². The highest BCUT2D eigenvalue weighted by atomic mass is 19.1. The van der Waals surface area contributed by atoms with Crippen LogP contribution in [0.15, 0.2) is 24.3 Å². The van der Waals surface area contributed by atoms with Gasteiger partial charge < -0.3 is 15.5 Å². The molecule has 21 heavy (non-hydrogen) atoms. The number of nitrogens with zero attached hydrogens (tertiary/aromatic N) is 1. The van der Waals surface area contributed by atoms with Gasteiger partial charge >= 0.3 is 18.0 Å². The van der Waals surface area contributed by atoms with Gasteiger partial charge in [-0.2, -0.15) is 0 Å². The van der Waals surface area contributed by atoms with E-state index in [-0.39, 0.29) is 12.1 Å². The van der Waals surface area contributed by atoms with Crippen molar-refractivity contribution < 1.29 is 29.0 Å². The third-order valence-electron chi connectivity index (χ3n) is 2.76. The number of aliphatic carboxylic acids is 2. The molecule has 1 rings (SSSR count). The zero-order valence-corrected chi connectivity index (χ0v) is 11.2. The second-order valence-corrected chi connectivity index (χ2v) is 4.28. The molecule has 0 aliphatic rings. The molecule has 114 valence electrons. The second-order valence-electron chi connectivity index (χ2n) is 4.28. The van der Waals surface area contributed by atoms with Gasteiger partial charge in [0, 0.05) is 13.5 Å². The average molecular weight is 298 g/mol. The molecule has 7 nitrogen and oxygen atoms in total. The summed E-state index contributed by atoms with van der Waals surface area (Å²) in [5.74, 6) is -3.16. The number of carboxylic acid groups (broad SMARTS) is 2. The predicted octanol–water partition coefficient (Wildman–Crippen LogP) is 1.29. The maximum absolute atomic E-state index is 13.5. The van der Waals surface area contributed by atoms with Crippen LogP contribution in [0.1, 0.15) is 12.8 Å². The fourth-order valence-corrected chi connectivity index (χ4v) is 1.60. The number of halogens is 1. The summed E-state index contributed by atoms with van der Waals surface area (Å²) < 4.78 is 13.5. The summed E-state index contributed by atoms with van der Waals surface area (Å²) in [7, 11) is 1.28. The van der Waals surface area contributed by atoms with E-state index in [4.69, 9.17) is 10.2 Å². The number of carbonyl (C=O) groups excluding carboxylic acids is 1. The molecule has 0 spiro atoms. The van der Waals surface area contributed by atoms with Crippen LogP contribution in [0.2, 0.25) is 0 Å². The van der Waals surface area contributed by atoms with Crippen LogP contribution in [0.4, 0.5) is 14.9 Å². The smallest absolute Gasteiger partial charge is 0.326 e. The lowest BCUT2D eigenvalue weighted by Crippen LogP contribution is -2.47. The van der Waals surface area contributed by atoms with E-state index in [1.807, 2.05) is 0 Å². The molecule has 0 aliphatic heterocycles. The van der Waals surface area contributed by atoms with E-state index in [0.29, 0.717) is 0 Å². The van der Waals surface area contributed by atoms with Gasteiger partial charge in [0.15, 0.2) is 0 Å². The second kappa shape index (κ2) is 7.22. The molecule has 1 atom stereocenters.